The monoisotopic (exact) mass is 770 g/mol. The Kier molecular flexibility index (Phi) is 12.6. The number of carbonyl (C=O) groups is 3. The number of hydrogen-bond acceptors (Lipinski definition) is 5. The van der Waals surface area contributed by atoms with Crippen molar-refractivity contribution in [3.05, 3.63) is 11.6 Å². The number of halogens is 1. The molecule has 0 heterocycles. The molecule has 0 radical (unpaired) electrons. The van der Waals surface area contributed by atoms with Gasteiger partial charge in [0, 0.05) is 0 Å². The SMILES string of the molecule is CCCC1(N(C)C)C[C@@]2(C)C(=CCC3C2CC[C@@]2(C)C3CC[C@@H]2[C@H](C)CCCC(C)C)C[C@]1(OC(=O)C(=O)CC(=O)O)[N+](C)(C)C.[I-]. The number of likely N-dealkylation sites (N-methyl/N-ethyl adjacent to an activating group) is 2. The van der Waals surface area contributed by atoms with Crippen LogP contribution in [0, 0.1) is 46.3 Å². The van der Waals surface area contributed by atoms with Crippen molar-refractivity contribution in [3.63, 3.8) is 0 Å². The number of aliphatic carboxylic acids is 1. The highest BCUT2D eigenvalue weighted by molar-refractivity contribution is 6.36. The first kappa shape index (κ1) is 40.4. The highest BCUT2D eigenvalue weighted by atomic mass is 127. The molecule has 0 aromatic carbocycles. The first-order chi connectivity index (χ1) is 21.3. The van der Waals surface area contributed by atoms with Crippen LogP contribution in [0.15, 0.2) is 11.6 Å². The molecule has 7 nitrogen and oxygen atoms in total. The molecule has 9 atom stereocenters. The number of hydrogen-bond donors (Lipinski definition) is 1. The van der Waals surface area contributed by atoms with Crippen molar-refractivity contribution in [1.82, 2.24) is 4.90 Å². The molecular formula is C39H67IN2O5. The molecule has 47 heavy (non-hydrogen) atoms. The molecular weight excluding hydrogens is 703 g/mol. The van der Waals surface area contributed by atoms with Crippen LogP contribution in [0.2, 0.25) is 0 Å². The van der Waals surface area contributed by atoms with Gasteiger partial charge in [0.2, 0.25) is 0 Å². The van der Waals surface area contributed by atoms with Crippen LogP contribution in [0.1, 0.15) is 125 Å². The van der Waals surface area contributed by atoms with Gasteiger partial charge in [-0.3, -0.25) is 19.0 Å². The zero-order chi connectivity index (χ0) is 34.5. The average Bonchev–Trinajstić information content (AvgIpc) is 3.29. The van der Waals surface area contributed by atoms with Crippen LogP contribution >= 0.6 is 0 Å². The maximum Gasteiger partial charge on any atom is 0.380 e. The molecule has 0 aliphatic heterocycles. The predicted molar refractivity (Wildman–Crippen MR) is 184 cm³/mol. The normalized spacial score (nSPS) is 37.3. The molecule has 0 spiro atoms. The molecule has 3 fully saturated rings. The van der Waals surface area contributed by atoms with Gasteiger partial charge in [-0.1, -0.05) is 78.9 Å². The molecule has 4 unspecified atom stereocenters. The lowest BCUT2D eigenvalue weighted by molar-refractivity contribution is -0.956. The van der Waals surface area contributed by atoms with Crippen molar-refractivity contribution in [2.45, 2.75) is 136 Å². The number of carbonyl (C=O) groups excluding carboxylic acids is 2. The Hall–Kier alpha value is -1.00. The fourth-order valence-electron chi connectivity index (χ4n) is 11.8. The van der Waals surface area contributed by atoms with Gasteiger partial charge in [-0.15, -0.1) is 0 Å². The molecule has 0 amide bonds. The molecule has 0 aromatic heterocycles. The molecule has 270 valence electrons. The van der Waals surface area contributed by atoms with E-state index in [0.717, 1.165) is 49.4 Å². The lowest BCUT2D eigenvalue weighted by Gasteiger charge is -2.67. The lowest BCUT2D eigenvalue weighted by Crippen LogP contribution is -3.00. The Morgan fingerprint density at radius 2 is 1.70 bits per heavy atom. The number of fused-ring (bicyclic) bond motifs is 5. The number of carboxylic acids is 1. The van der Waals surface area contributed by atoms with Crippen molar-refractivity contribution in [1.29, 1.82) is 0 Å². The summed E-state index contributed by atoms with van der Waals surface area (Å²) in [5.74, 6) is 1.03. The van der Waals surface area contributed by atoms with Crippen LogP contribution in [0.5, 0.6) is 0 Å². The fourth-order valence-corrected chi connectivity index (χ4v) is 11.8. The van der Waals surface area contributed by atoms with Gasteiger partial charge < -0.3 is 33.8 Å². The van der Waals surface area contributed by atoms with E-state index in [0.29, 0.717) is 28.2 Å². The number of Topliss-reactive ketones (excluding diaryl/α,β-unsaturated/α-hetero) is 1. The van der Waals surface area contributed by atoms with Crippen LogP contribution in [-0.4, -0.2) is 78.7 Å². The number of quaternary nitrogens is 1. The zero-order valence-corrected chi connectivity index (χ0v) is 33.7. The van der Waals surface area contributed by atoms with E-state index in [-0.39, 0.29) is 29.4 Å². The smallest absolute Gasteiger partial charge is 0.380 e. The second kappa shape index (κ2) is 14.7. The summed E-state index contributed by atoms with van der Waals surface area (Å²) in [7, 11) is 10.4. The van der Waals surface area contributed by atoms with Gasteiger partial charge in [-0.25, -0.2) is 4.79 Å². The molecule has 8 heteroatoms. The molecule has 3 saturated carbocycles. The van der Waals surface area contributed by atoms with Crippen molar-refractivity contribution < 1.29 is 52.7 Å². The Labute approximate surface area is 303 Å². The van der Waals surface area contributed by atoms with E-state index in [9.17, 15) is 19.5 Å². The number of ether oxygens (including phenoxy) is 1. The fraction of sp³-hybridized carbons (Fsp3) is 0.872. The molecule has 4 rings (SSSR count). The number of ketones is 1. The van der Waals surface area contributed by atoms with Gasteiger partial charge >= 0.3 is 11.9 Å². The van der Waals surface area contributed by atoms with Crippen LogP contribution in [0.25, 0.3) is 0 Å². The van der Waals surface area contributed by atoms with Gasteiger partial charge in [0.25, 0.3) is 11.5 Å². The predicted octanol–water partition coefficient (Wildman–Crippen LogP) is 4.73. The van der Waals surface area contributed by atoms with Crippen molar-refractivity contribution in [3.8, 4) is 0 Å². The summed E-state index contributed by atoms with van der Waals surface area (Å²) >= 11 is 0. The minimum absolute atomic E-state index is 0. The largest absolute Gasteiger partial charge is 1.00 e. The molecule has 4 aliphatic carbocycles. The Balaban J connectivity index is 0.00000600. The van der Waals surface area contributed by atoms with E-state index in [1.54, 1.807) is 0 Å². The van der Waals surface area contributed by atoms with E-state index in [2.05, 4.69) is 87.8 Å². The van der Waals surface area contributed by atoms with E-state index in [1.165, 1.54) is 50.5 Å². The summed E-state index contributed by atoms with van der Waals surface area (Å²) in [5.41, 5.74) is 0.137. The summed E-state index contributed by atoms with van der Waals surface area (Å²) in [6.07, 6.45) is 15.1. The summed E-state index contributed by atoms with van der Waals surface area (Å²) in [6.45, 7) is 14.6. The van der Waals surface area contributed by atoms with Gasteiger partial charge in [0.15, 0.2) is 0 Å². The lowest BCUT2D eigenvalue weighted by atomic mass is 9.44. The maximum atomic E-state index is 13.4. The average molecular weight is 771 g/mol. The summed E-state index contributed by atoms with van der Waals surface area (Å²) in [4.78, 5) is 39.9. The third kappa shape index (κ3) is 7.00. The third-order valence-corrected chi connectivity index (χ3v) is 14.0. The Morgan fingerprint density at radius 3 is 2.26 bits per heavy atom. The van der Waals surface area contributed by atoms with Crippen molar-refractivity contribution in [2.24, 2.45) is 46.3 Å². The molecule has 0 saturated heterocycles. The first-order valence-electron chi connectivity index (χ1n) is 18.5. The maximum absolute atomic E-state index is 13.4. The van der Waals surface area contributed by atoms with Crippen molar-refractivity contribution in [2.75, 3.05) is 35.2 Å². The van der Waals surface area contributed by atoms with E-state index >= 15 is 0 Å². The second-order valence-corrected chi connectivity index (χ2v) is 18.0. The van der Waals surface area contributed by atoms with E-state index in [1.807, 2.05) is 0 Å². The number of nitrogens with zero attached hydrogens (tertiary/aromatic N) is 2. The van der Waals surface area contributed by atoms with Crippen LogP contribution in [-0.2, 0) is 19.1 Å². The minimum Gasteiger partial charge on any atom is -1.00 e. The van der Waals surface area contributed by atoms with Gasteiger partial charge in [-0.2, -0.15) is 0 Å². The number of carboxylic acid groups (broad SMARTS) is 1. The topological polar surface area (TPSA) is 83.9 Å². The molecule has 1 N–H and O–H groups in total. The summed E-state index contributed by atoms with van der Waals surface area (Å²) in [6, 6.07) is 0. The molecule has 4 aliphatic rings. The molecule has 0 bridgehead atoms. The molecule has 0 aromatic rings. The number of rotatable bonds is 13. The first-order valence-corrected chi connectivity index (χ1v) is 18.5. The van der Waals surface area contributed by atoms with E-state index in [4.69, 9.17) is 4.74 Å². The van der Waals surface area contributed by atoms with Gasteiger partial charge in [-0.05, 0) is 105 Å². The zero-order valence-electron chi connectivity index (χ0n) is 31.6. The Bertz CT molecular complexity index is 1190. The van der Waals surface area contributed by atoms with Crippen LogP contribution in [0.3, 0.4) is 0 Å². The third-order valence-electron chi connectivity index (χ3n) is 14.0. The standard InChI is InChI=1S/C39H66N2O5.HI/c1-12-21-38(40(7)8)25-37(6)28(24-39(38,41(9,10)11)46-35(45)33(42)23-34(43)44)16-17-29-31-19-18-30(27(4)15-13-14-26(2)3)36(31,5)22-20-32(29)37;/h16,26-27,29-32H,12-15,17-25H2,1-11H3;1H/t27-,29?,30-,31?,32?,36-,37+,38?,39-;/m1./s1. The van der Waals surface area contributed by atoms with E-state index < -0.39 is 35.4 Å². The highest BCUT2D eigenvalue weighted by Crippen LogP contribution is 2.70. The second-order valence-electron chi connectivity index (χ2n) is 18.0. The summed E-state index contributed by atoms with van der Waals surface area (Å²) in [5, 5.41) is 9.27. The Morgan fingerprint density at radius 1 is 1.04 bits per heavy atom. The van der Waals surface area contributed by atoms with Crippen LogP contribution < -0.4 is 24.0 Å². The quantitative estimate of drug-likeness (QED) is 0.0555. The number of esters is 1. The summed E-state index contributed by atoms with van der Waals surface area (Å²) < 4.78 is 6.81. The van der Waals surface area contributed by atoms with Crippen molar-refractivity contribution >= 4 is 17.7 Å². The van der Waals surface area contributed by atoms with Crippen LogP contribution in [0.4, 0.5) is 0 Å². The van der Waals surface area contributed by atoms with Gasteiger partial charge in [0.05, 0.1) is 27.6 Å². The van der Waals surface area contributed by atoms with Gasteiger partial charge in [0.1, 0.15) is 12.0 Å². The minimum atomic E-state index is -1.31. The highest BCUT2D eigenvalue weighted by Gasteiger charge is 2.72. The number of allylic oxidation sites excluding steroid dienone is 1.